The van der Waals surface area contributed by atoms with Gasteiger partial charge in [-0.1, -0.05) is 116 Å². The number of unbranched alkanes of at least 4 members (excludes halogenated alkanes) is 4. The van der Waals surface area contributed by atoms with Gasteiger partial charge >= 0.3 is 0 Å². The number of benzene rings is 1. The number of hydrogen-bond donors (Lipinski definition) is 1. The summed E-state index contributed by atoms with van der Waals surface area (Å²) in [6, 6.07) is 9.18. The maximum Gasteiger partial charge on any atom is 0.0619 e. The van der Waals surface area contributed by atoms with E-state index in [0.29, 0.717) is 5.41 Å². The average Bonchev–Trinajstić information content (AvgIpc) is 2.68. The van der Waals surface area contributed by atoms with Gasteiger partial charge < -0.3 is 5.11 Å². The Morgan fingerprint density at radius 3 is 1.36 bits per heavy atom. The molecule has 1 nitrogen and oxygen atoms in total. The first-order valence-corrected chi connectivity index (χ1v) is 12.0. The molecule has 0 saturated carbocycles. The Balaban J connectivity index is 0.000000576. The lowest BCUT2D eigenvalue weighted by Crippen LogP contribution is -2.23. The summed E-state index contributed by atoms with van der Waals surface area (Å²) in [6.45, 7) is 15.5. The largest absolute Gasteiger partial charge is 0.390 e. The SMILES string of the molecule is CCCCC(C)(CCCC)c1ccc(C)cc1.CCCCC(C)(O)CCCC. The highest BCUT2D eigenvalue weighted by molar-refractivity contribution is 5.28. The minimum atomic E-state index is -0.397. The van der Waals surface area contributed by atoms with Crippen LogP contribution in [0.25, 0.3) is 0 Å². The minimum Gasteiger partial charge on any atom is -0.390 e. The van der Waals surface area contributed by atoms with Crippen LogP contribution in [-0.4, -0.2) is 10.7 Å². The fourth-order valence-corrected chi connectivity index (χ4v) is 3.74. The van der Waals surface area contributed by atoms with Crippen molar-refractivity contribution >= 4 is 0 Å². The van der Waals surface area contributed by atoms with E-state index in [1.54, 1.807) is 0 Å². The van der Waals surface area contributed by atoms with Gasteiger partial charge in [-0.15, -0.1) is 0 Å². The molecule has 0 radical (unpaired) electrons. The second kappa shape index (κ2) is 15.1. The van der Waals surface area contributed by atoms with Gasteiger partial charge in [0.1, 0.15) is 0 Å². The third kappa shape index (κ3) is 11.9. The van der Waals surface area contributed by atoms with Crippen molar-refractivity contribution in [2.24, 2.45) is 0 Å². The number of aliphatic hydroxyl groups is 1. The summed E-state index contributed by atoms with van der Waals surface area (Å²) in [4.78, 5) is 0. The van der Waals surface area contributed by atoms with E-state index in [2.05, 4.69) is 65.8 Å². The molecule has 0 saturated heterocycles. The second-order valence-corrected chi connectivity index (χ2v) is 9.34. The van der Waals surface area contributed by atoms with Crippen LogP contribution in [0.2, 0.25) is 0 Å². The van der Waals surface area contributed by atoms with Gasteiger partial charge in [-0.2, -0.15) is 0 Å². The van der Waals surface area contributed by atoms with Crippen molar-refractivity contribution in [3.63, 3.8) is 0 Å². The topological polar surface area (TPSA) is 20.2 Å². The van der Waals surface area contributed by atoms with E-state index >= 15 is 0 Å². The van der Waals surface area contributed by atoms with Gasteiger partial charge in [-0.25, -0.2) is 0 Å². The molecule has 0 atom stereocenters. The molecule has 1 heteroatoms. The van der Waals surface area contributed by atoms with E-state index in [1.807, 2.05) is 6.92 Å². The lowest BCUT2D eigenvalue weighted by atomic mass is 9.74. The number of hydrogen-bond acceptors (Lipinski definition) is 1. The molecule has 0 aliphatic carbocycles. The Hall–Kier alpha value is -0.820. The van der Waals surface area contributed by atoms with Crippen molar-refractivity contribution in [3.8, 4) is 0 Å². The van der Waals surface area contributed by atoms with Crippen molar-refractivity contribution in [1.82, 2.24) is 0 Å². The summed E-state index contributed by atoms with van der Waals surface area (Å²) in [5, 5.41) is 9.78. The third-order valence-corrected chi connectivity index (χ3v) is 6.05. The molecule has 0 aliphatic heterocycles. The van der Waals surface area contributed by atoms with E-state index in [4.69, 9.17) is 0 Å². The number of aryl methyl sites for hydroxylation is 1. The van der Waals surface area contributed by atoms with Crippen LogP contribution in [0.1, 0.15) is 130 Å². The summed E-state index contributed by atoms with van der Waals surface area (Å²) in [7, 11) is 0. The fourth-order valence-electron chi connectivity index (χ4n) is 3.74. The van der Waals surface area contributed by atoms with E-state index in [-0.39, 0.29) is 0 Å². The number of rotatable bonds is 13. The first-order chi connectivity index (χ1) is 13.2. The Labute approximate surface area is 177 Å². The maximum absolute atomic E-state index is 9.78. The summed E-state index contributed by atoms with van der Waals surface area (Å²) in [5.41, 5.74) is 2.89. The van der Waals surface area contributed by atoms with E-state index in [9.17, 15) is 5.11 Å². The third-order valence-electron chi connectivity index (χ3n) is 6.05. The van der Waals surface area contributed by atoms with Crippen LogP contribution in [-0.2, 0) is 5.41 Å². The molecule has 0 fully saturated rings. The van der Waals surface area contributed by atoms with Crippen molar-refractivity contribution < 1.29 is 5.11 Å². The Kier molecular flexibility index (Phi) is 14.6. The van der Waals surface area contributed by atoms with Crippen LogP contribution >= 0.6 is 0 Å². The Bertz CT molecular complexity index is 454. The maximum atomic E-state index is 9.78. The van der Waals surface area contributed by atoms with E-state index in [0.717, 1.165) is 25.7 Å². The molecule has 0 aromatic heterocycles. The molecule has 0 aliphatic rings. The zero-order valence-corrected chi connectivity index (χ0v) is 20.2. The molecule has 164 valence electrons. The standard InChI is InChI=1S/C17H28.C10H22O/c1-5-7-13-17(4,14-8-6-2)16-11-9-15(3)10-12-16;1-4-6-8-10(3,11)9-7-5-2/h9-12H,5-8,13-14H2,1-4H3;11H,4-9H2,1-3H3. The second-order valence-electron chi connectivity index (χ2n) is 9.34. The smallest absolute Gasteiger partial charge is 0.0619 e. The first kappa shape index (κ1) is 27.2. The van der Waals surface area contributed by atoms with E-state index in [1.165, 1.54) is 62.5 Å². The van der Waals surface area contributed by atoms with Crippen LogP contribution < -0.4 is 0 Å². The zero-order valence-electron chi connectivity index (χ0n) is 20.2. The average molecular weight is 391 g/mol. The van der Waals surface area contributed by atoms with Crippen molar-refractivity contribution in [3.05, 3.63) is 35.4 Å². The summed E-state index contributed by atoms with van der Waals surface area (Å²) in [6.07, 6.45) is 14.5. The van der Waals surface area contributed by atoms with Crippen molar-refractivity contribution in [1.29, 1.82) is 0 Å². The monoisotopic (exact) mass is 390 g/mol. The molecule has 1 aromatic rings. The van der Waals surface area contributed by atoms with Gasteiger partial charge in [0.2, 0.25) is 0 Å². The predicted molar refractivity (Wildman–Crippen MR) is 127 cm³/mol. The normalized spacial score (nSPS) is 11.9. The molecule has 1 N–H and O–H groups in total. The van der Waals surface area contributed by atoms with Gasteiger partial charge in [0.25, 0.3) is 0 Å². The fraction of sp³-hybridized carbons (Fsp3) is 0.778. The van der Waals surface area contributed by atoms with Gasteiger partial charge in [0, 0.05) is 0 Å². The van der Waals surface area contributed by atoms with Crippen LogP contribution in [0.4, 0.5) is 0 Å². The first-order valence-electron chi connectivity index (χ1n) is 12.0. The Morgan fingerprint density at radius 1 is 0.643 bits per heavy atom. The van der Waals surface area contributed by atoms with Gasteiger partial charge in [0.15, 0.2) is 0 Å². The van der Waals surface area contributed by atoms with Crippen LogP contribution in [0.3, 0.4) is 0 Å². The zero-order chi connectivity index (χ0) is 21.5. The Morgan fingerprint density at radius 2 is 1.00 bits per heavy atom. The molecule has 1 rings (SSSR count). The highest BCUT2D eigenvalue weighted by Gasteiger charge is 2.25. The molecule has 1 aromatic carbocycles. The summed E-state index contributed by atoms with van der Waals surface area (Å²) in [5.74, 6) is 0. The summed E-state index contributed by atoms with van der Waals surface area (Å²) >= 11 is 0. The molecule has 0 spiro atoms. The molecule has 0 amide bonds. The molecule has 0 bridgehead atoms. The molecule has 0 heterocycles. The van der Waals surface area contributed by atoms with E-state index < -0.39 is 5.60 Å². The summed E-state index contributed by atoms with van der Waals surface area (Å²) < 4.78 is 0. The lowest BCUT2D eigenvalue weighted by Gasteiger charge is -2.30. The molecule has 0 unspecified atom stereocenters. The highest BCUT2D eigenvalue weighted by atomic mass is 16.3. The van der Waals surface area contributed by atoms with Crippen molar-refractivity contribution in [2.45, 2.75) is 137 Å². The van der Waals surface area contributed by atoms with Gasteiger partial charge in [0.05, 0.1) is 5.60 Å². The van der Waals surface area contributed by atoms with Crippen LogP contribution in [0.15, 0.2) is 24.3 Å². The van der Waals surface area contributed by atoms with Crippen LogP contribution in [0.5, 0.6) is 0 Å². The minimum absolute atomic E-state index is 0.389. The van der Waals surface area contributed by atoms with Crippen molar-refractivity contribution in [2.75, 3.05) is 0 Å². The molecular weight excluding hydrogens is 340 g/mol. The predicted octanol–water partition coefficient (Wildman–Crippen LogP) is 8.75. The highest BCUT2D eigenvalue weighted by Crippen LogP contribution is 2.35. The van der Waals surface area contributed by atoms with Gasteiger partial charge in [-0.3, -0.25) is 0 Å². The quantitative estimate of drug-likeness (QED) is 0.357. The lowest BCUT2D eigenvalue weighted by molar-refractivity contribution is 0.0376. The van der Waals surface area contributed by atoms with Gasteiger partial charge in [-0.05, 0) is 50.5 Å². The molecule has 28 heavy (non-hydrogen) atoms. The van der Waals surface area contributed by atoms with Crippen LogP contribution in [0, 0.1) is 6.92 Å². The molecular formula is C27H50O.